The van der Waals surface area contributed by atoms with Crippen LogP contribution in [0.1, 0.15) is 19.3 Å². The first kappa shape index (κ1) is 19.5. The minimum absolute atomic E-state index is 0. The van der Waals surface area contributed by atoms with Crippen molar-refractivity contribution in [2.45, 2.75) is 30.2 Å². The molecule has 0 saturated heterocycles. The quantitative estimate of drug-likeness (QED) is 0.801. The molecule has 0 radical (unpaired) electrons. The Morgan fingerprint density at radius 3 is 2.42 bits per heavy atom. The maximum atomic E-state index is 12.3. The van der Waals surface area contributed by atoms with Gasteiger partial charge in [-0.05, 0) is 55.4 Å². The van der Waals surface area contributed by atoms with Gasteiger partial charge in [0.1, 0.15) is 0 Å². The van der Waals surface area contributed by atoms with Gasteiger partial charge in [-0.2, -0.15) is 0 Å². The number of halogens is 2. The zero-order chi connectivity index (χ0) is 16.6. The van der Waals surface area contributed by atoms with Crippen LogP contribution in [-0.4, -0.2) is 32.7 Å². The summed E-state index contributed by atoms with van der Waals surface area (Å²) in [5.74, 6) is 0.426. The highest BCUT2D eigenvalue weighted by Crippen LogP contribution is 2.47. The molecule has 0 heterocycles. The van der Waals surface area contributed by atoms with Crippen molar-refractivity contribution in [2.75, 3.05) is 12.3 Å². The predicted octanol–water partition coefficient (Wildman–Crippen LogP) is 2.03. The number of nitrogens with one attached hydrogen (secondary N) is 1. The lowest BCUT2D eigenvalue weighted by Gasteiger charge is -2.26. The maximum Gasteiger partial charge on any atom is 0.224 e. The second-order valence-electron chi connectivity index (χ2n) is 6.50. The third-order valence-electron chi connectivity index (χ3n) is 5.13. The number of hydrogen-bond donors (Lipinski definition) is 2. The first-order valence-electron chi connectivity index (χ1n) is 7.90. The highest BCUT2D eigenvalue weighted by Gasteiger charge is 2.48. The van der Waals surface area contributed by atoms with E-state index in [-0.39, 0.29) is 47.5 Å². The Bertz CT molecular complexity index is 692. The fourth-order valence-corrected chi connectivity index (χ4v) is 5.19. The molecule has 3 N–H and O–H groups in total. The molecule has 1 amide bonds. The summed E-state index contributed by atoms with van der Waals surface area (Å²) in [6.45, 7) is 0.102. The molecule has 0 aliphatic heterocycles. The zero-order valence-corrected chi connectivity index (χ0v) is 15.5. The maximum absolute atomic E-state index is 12.3. The molecule has 1 aromatic rings. The predicted molar refractivity (Wildman–Crippen MR) is 96.1 cm³/mol. The molecule has 5 nitrogen and oxygen atoms in total. The number of rotatable bonds is 5. The van der Waals surface area contributed by atoms with Crippen molar-refractivity contribution in [2.24, 2.45) is 23.5 Å². The Morgan fingerprint density at radius 2 is 1.83 bits per heavy atom. The van der Waals surface area contributed by atoms with Crippen molar-refractivity contribution in [3.63, 3.8) is 0 Å². The van der Waals surface area contributed by atoms with Gasteiger partial charge in [-0.1, -0.05) is 11.6 Å². The highest BCUT2D eigenvalue weighted by atomic mass is 35.5. The summed E-state index contributed by atoms with van der Waals surface area (Å²) in [7, 11) is -3.42. The summed E-state index contributed by atoms with van der Waals surface area (Å²) >= 11 is 5.76. The molecule has 2 bridgehead atoms. The van der Waals surface area contributed by atoms with Crippen molar-refractivity contribution in [1.82, 2.24) is 5.32 Å². The van der Waals surface area contributed by atoms with Crippen LogP contribution in [0.3, 0.4) is 0 Å². The monoisotopic (exact) mass is 392 g/mol. The largest absolute Gasteiger partial charge is 0.355 e. The van der Waals surface area contributed by atoms with Crippen molar-refractivity contribution < 1.29 is 13.2 Å². The molecule has 4 atom stereocenters. The Hall–Kier alpha value is -0.820. The van der Waals surface area contributed by atoms with E-state index in [2.05, 4.69) is 5.32 Å². The fourth-order valence-electron chi connectivity index (χ4n) is 3.91. The van der Waals surface area contributed by atoms with Crippen molar-refractivity contribution in [3.8, 4) is 0 Å². The molecule has 4 unspecified atom stereocenters. The van der Waals surface area contributed by atoms with Gasteiger partial charge < -0.3 is 11.1 Å². The molecular weight excluding hydrogens is 371 g/mol. The van der Waals surface area contributed by atoms with Crippen LogP contribution in [0.15, 0.2) is 29.2 Å². The molecule has 2 aliphatic carbocycles. The van der Waals surface area contributed by atoms with Crippen molar-refractivity contribution in [1.29, 1.82) is 0 Å². The second kappa shape index (κ2) is 7.60. The average molecular weight is 393 g/mol. The molecule has 8 heteroatoms. The molecule has 2 fully saturated rings. The first-order valence-corrected chi connectivity index (χ1v) is 9.93. The van der Waals surface area contributed by atoms with E-state index in [0.717, 1.165) is 19.3 Å². The number of fused-ring (bicyclic) bond motifs is 2. The summed E-state index contributed by atoms with van der Waals surface area (Å²) in [5, 5.41) is 3.24. The number of sulfone groups is 1. The van der Waals surface area contributed by atoms with E-state index in [9.17, 15) is 13.2 Å². The standard InChI is InChI=1S/C16H21ClN2O3S.ClH/c17-12-3-5-13(6-4-12)23(21,22)8-7-19-16(20)14-10-1-2-11(9-10)15(14)18;/h3-6,10-11,14-15H,1-2,7-9,18H2,(H,19,20);1H. The topological polar surface area (TPSA) is 89.3 Å². The van der Waals surface area contributed by atoms with E-state index in [0.29, 0.717) is 16.9 Å². The third kappa shape index (κ3) is 3.87. The van der Waals surface area contributed by atoms with Crippen LogP contribution in [0, 0.1) is 17.8 Å². The summed E-state index contributed by atoms with van der Waals surface area (Å²) in [4.78, 5) is 12.5. The molecule has 0 spiro atoms. The van der Waals surface area contributed by atoms with Crippen LogP contribution in [0.25, 0.3) is 0 Å². The van der Waals surface area contributed by atoms with Crippen LogP contribution >= 0.6 is 24.0 Å². The lowest BCUT2D eigenvalue weighted by molar-refractivity contribution is -0.126. The molecular formula is C16H22Cl2N2O3S. The van der Waals surface area contributed by atoms with Crippen LogP contribution in [0.5, 0.6) is 0 Å². The molecule has 0 aromatic heterocycles. The molecule has 2 aliphatic rings. The Morgan fingerprint density at radius 1 is 1.21 bits per heavy atom. The zero-order valence-electron chi connectivity index (χ0n) is 13.2. The molecule has 24 heavy (non-hydrogen) atoms. The van der Waals surface area contributed by atoms with Gasteiger partial charge in [0.2, 0.25) is 5.91 Å². The second-order valence-corrected chi connectivity index (χ2v) is 9.05. The van der Waals surface area contributed by atoms with Gasteiger partial charge >= 0.3 is 0 Å². The summed E-state index contributed by atoms with van der Waals surface area (Å²) < 4.78 is 24.4. The highest BCUT2D eigenvalue weighted by molar-refractivity contribution is 7.91. The van der Waals surface area contributed by atoms with Gasteiger partial charge in [-0.15, -0.1) is 12.4 Å². The number of benzene rings is 1. The molecule has 2 saturated carbocycles. The number of amides is 1. The fraction of sp³-hybridized carbons (Fsp3) is 0.562. The minimum atomic E-state index is -3.42. The number of hydrogen-bond acceptors (Lipinski definition) is 4. The SMILES string of the molecule is Cl.NC1C2CCC(C2)C1C(=O)NCCS(=O)(=O)c1ccc(Cl)cc1. The van der Waals surface area contributed by atoms with E-state index < -0.39 is 9.84 Å². The van der Waals surface area contributed by atoms with Gasteiger partial charge in [-0.25, -0.2) is 8.42 Å². The Labute approximate surface area is 153 Å². The summed E-state index contributed by atoms with van der Waals surface area (Å²) in [6.07, 6.45) is 3.20. The van der Waals surface area contributed by atoms with Gasteiger partial charge in [0.05, 0.1) is 16.6 Å². The van der Waals surface area contributed by atoms with Crippen LogP contribution in [0.2, 0.25) is 5.02 Å². The van der Waals surface area contributed by atoms with Crippen LogP contribution in [-0.2, 0) is 14.6 Å². The van der Waals surface area contributed by atoms with Gasteiger partial charge in [-0.3, -0.25) is 4.79 Å². The van der Waals surface area contributed by atoms with E-state index in [1.807, 2.05) is 0 Å². The lowest BCUT2D eigenvalue weighted by Crippen LogP contribution is -2.46. The number of carbonyl (C=O) groups is 1. The van der Waals surface area contributed by atoms with Crippen molar-refractivity contribution in [3.05, 3.63) is 29.3 Å². The summed E-state index contributed by atoms with van der Waals surface area (Å²) in [5.41, 5.74) is 6.14. The normalized spacial score (nSPS) is 28.4. The molecule has 1 aromatic carbocycles. The minimum Gasteiger partial charge on any atom is -0.355 e. The number of carbonyl (C=O) groups excluding carboxylic acids is 1. The third-order valence-corrected chi connectivity index (χ3v) is 7.11. The summed E-state index contributed by atoms with van der Waals surface area (Å²) in [6, 6.07) is 5.96. The van der Waals surface area contributed by atoms with Crippen LogP contribution < -0.4 is 11.1 Å². The molecule has 134 valence electrons. The average Bonchev–Trinajstić information content (AvgIpc) is 3.08. The van der Waals surface area contributed by atoms with Gasteiger partial charge in [0.15, 0.2) is 9.84 Å². The lowest BCUT2D eigenvalue weighted by atomic mass is 9.84. The first-order chi connectivity index (χ1) is 10.9. The van der Waals surface area contributed by atoms with Crippen molar-refractivity contribution >= 4 is 39.8 Å². The van der Waals surface area contributed by atoms with E-state index in [4.69, 9.17) is 17.3 Å². The van der Waals surface area contributed by atoms with E-state index >= 15 is 0 Å². The van der Waals surface area contributed by atoms with Gasteiger partial charge in [0.25, 0.3) is 0 Å². The molecule has 3 rings (SSSR count). The Balaban J connectivity index is 0.00000208. The smallest absolute Gasteiger partial charge is 0.224 e. The van der Waals surface area contributed by atoms with Gasteiger partial charge in [0, 0.05) is 17.6 Å². The van der Waals surface area contributed by atoms with E-state index in [1.165, 1.54) is 12.1 Å². The van der Waals surface area contributed by atoms with E-state index in [1.54, 1.807) is 12.1 Å². The van der Waals surface area contributed by atoms with Crippen LogP contribution in [0.4, 0.5) is 0 Å². The number of nitrogens with two attached hydrogens (primary N) is 1. The Kier molecular flexibility index (Phi) is 6.18.